The number of aldehydes is 1. The summed E-state index contributed by atoms with van der Waals surface area (Å²) in [5.41, 5.74) is 2.34. The Balaban J connectivity index is 2.16. The molecule has 0 saturated carbocycles. The summed E-state index contributed by atoms with van der Waals surface area (Å²) in [7, 11) is 1.78. The van der Waals surface area contributed by atoms with Crippen LogP contribution < -0.4 is 4.74 Å². The molecule has 4 heteroatoms. The molecule has 0 bridgehead atoms. The molecule has 0 radical (unpaired) electrons. The first-order chi connectivity index (χ1) is 9.76. The molecule has 1 heterocycles. The molecule has 0 N–H and O–H groups in total. The van der Waals surface area contributed by atoms with Gasteiger partial charge in [0.1, 0.15) is 6.61 Å². The number of carbonyl (C=O) groups excluding carboxylic acids is 1. The van der Waals surface area contributed by atoms with E-state index in [9.17, 15) is 4.79 Å². The van der Waals surface area contributed by atoms with Gasteiger partial charge < -0.3 is 4.74 Å². The van der Waals surface area contributed by atoms with Crippen molar-refractivity contribution in [1.82, 2.24) is 9.78 Å². The number of carbonyl (C=O) groups is 1. The number of benzene rings is 1. The molecule has 0 aliphatic rings. The number of aromatic nitrogens is 2. The minimum absolute atomic E-state index is 0.419. The van der Waals surface area contributed by atoms with Crippen LogP contribution in [0.3, 0.4) is 0 Å². The summed E-state index contributed by atoms with van der Waals surface area (Å²) in [5, 5.41) is 4.34. The van der Waals surface area contributed by atoms with Gasteiger partial charge >= 0.3 is 0 Å². The molecule has 2 rings (SSSR count). The molecular weight excluding hydrogens is 252 g/mol. The highest BCUT2D eigenvalue weighted by Crippen LogP contribution is 2.22. The van der Waals surface area contributed by atoms with Gasteiger partial charge in [0.2, 0.25) is 5.88 Å². The van der Waals surface area contributed by atoms with E-state index in [2.05, 4.69) is 11.7 Å². The lowest BCUT2D eigenvalue weighted by molar-refractivity contribution is 0.111. The fourth-order valence-electron chi connectivity index (χ4n) is 2.02. The average molecular weight is 270 g/mol. The summed E-state index contributed by atoms with van der Waals surface area (Å²) in [4.78, 5) is 11.3. The van der Waals surface area contributed by atoms with Crippen molar-refractivity contribution >= 4 is 6.29 Å². The average Bonchev–Trinajstić information content (AvgIpc) is 2.79. The number of hydrogen-bond donors (Lipinski definition) is 0. The molecular formula is C16H18N2O2. The highest BCUT2D eigenvalue weighted by Gasteiger charge is 2.16. The second-order valence-electron chi connectivity index (χ2n) is 4.51. The summed E-state index contributed by atoms with van der Waals surface area (Å²) in [6.45, 7) is 4.10. The van der Waals surface area contributed by atoms with Gasteiger partial charge in [-0.05, 0) is 18.4 Å². The van der Waals surface area contributed by atoms with Gasteiger partial charge in [-0.3, -0.25) is 4.79 Å². The molecule has 0 unspecified atom stereocenters. The zero-order valence-electron chi connectivity index (χ0n) is 11.6. The fourth-order valence-corrected chi connectivity index (χ4v) is 2.02. The Bertz CT molecular complexity index is 588. The van der Waals surface area contributed by atoms with Crippen molar-refractivity contribution in [1.29, 1.82) is 0 Å². The number of nitrogens with zero attached hydrogens (tertiary/aromatic N) is 2. The molecule has 2 aromatic rings. The molecule has 0 spiro atoms. The zero-order chi connectivity index (χ0) is 14.4. The zero-order valence-corrected chi connectivity index (χ0v) is 11.6. The van der Waals surface area contributed by atoms with Crippen molar-refractivity contribution in [2.45, 2.75) is 19.4 Å². The predicted octanol–water partition coefficient (Wildman–Crippen LogP) is 2.93. The van der Waals surface area contributed by atoms with Crippen LogP contribution in [0, 0.1) is 0 Å². The molecule has 0 atom stereocenters. The summed E-state index contributed by atoms with van der Waals surface area (Å²) in [6.07, 6.45) is 4.11. The Hall–Kier alpha value is -2.36. The van der Waals surface area contributed by atoms with Crippen LogP contribution in [0.5, 0.6) is 5.88 Å². The van der Waals surface area contributed by atoms with Crippen molar-refractivity contribution < 1.29 is 9.53 Å². The minimum atomic E-state index is 0.419. The second-order valence-corrected chi connectivity index (χ2v) is 4.51. The molecule has 0 aliphatic carbocycles. The van der Waals surface area contributed by atoms with Crippen LogP contribution in [0.4, 0.5) is 0 Å². The van der Waals surface area contributed by atoms with Gasteiger partial charge in [-0.15, -0.1) is 6.58 Å². The summed E-state index contributed by atoms with van der Waals surface area (Å²) >= 11 is 0. The van der Waals surface area contributed by atoms with Gasteiger partial charge in [-0.2, -0.15) is 5.10 Å². The first-order valence-corrected chi connectivity index (χ1v) is 6.55. The maximum Gasteiger partial charge on any atom is 0.222 e. The van der Waals surface area contributed by atoms with Gasteiger partial charge in [-0.1, -0.05) is 36.4 Å². The van der Waals surface area contributed by atoms with E-state index in [-0.39, 0.29) is 0 Å². The number of aryl methyl sites for hydroxylation is 2. The number of allylic oxidation sites excluding steroid dienone is 1. The van der Waals surface area contributed by atoms with Crippen molar-refractivity contribution in [2.75, 3.05) is 0 Å². The van der Waals surface area contributed by atoms with Gasteiger partial charge in [-0.25, -0.2) is 4.68 Å². The van der Waals surface area contributed by atoms with Crippen molar-refractivity contribution in [3.05, 3.63) is 59.8 Å². The molecule has 1 aromatic heterocycles. The van der Waals surface area contributed by atoms with E-state index >= 15 is 0 Å². The summed E-state index contributed by atoms with van der Waals surface area (Å²) < 4.78 is 7.37. The minimum Gasteiger partial charge on any atom is -0.472 e. The molecule has 104 valence electrons. The molecule has 1 aromatic carbocycles. The summed E-state index contributed by atoms with van der Waals surface area (Å²) in [6, 6.07) is 9.83. The van der Waals surface area contributed by atoms with Crippen LogP contribution >= 0.6 is 0 Å². The van der Waals surface area contributed by atoms with E-state index in [0.717, 1.165) is 24.0 Å². The Morgan fingerprint density at radius 3 is 2.75 bits per heavy atom. The van der Waals surface area contributed by atoms with Gasteiger partial charge in [0.15, 0.2) is 6.29 Å². The third-order valence-corrected chi connectivity index (χ3v) is 3.03. The lowest BCUT2D eigenvalue weighted by atomic mass is 10.1. The third kappa shape index (κ3) is 3.15. The topological polar surface area (TPSA) is 44.1 Å². The lowest BCUT2D eigenvalue weighted by Crippen LogP contribution is -2.02. The molecule has 20 heavy (non-hydrogen) atoms. The first kappa shape index (κ1) is 14.1. The standard InChI is InChI=1S/C16H18N2O2/c1-3-4-10-15-14(11-19)16(18(2)17-15)20-12-13-8-6-5-7-9-13/h3,5-9,11H,1,4,10,12H2,2H3. The fraction of sp³-hybridized carbons (Fsp3) is 0.250. The van der Waals surface area contributed by atoms with Crippen molar-refractivity contribution in [3.8, 4) is 5.88 Å². The van der Waals surface area contributed by atoms with Crippen LogP contribution in [0.2, 0.25) is 0 Å². The summed E-state index contributed by atoms with van der Waals surface area (Å²) in [5.74, 6) is 0.517. The lowest BCUT2D eigenvalue weighted by Gasteiger charge is -2.06. The second kappa shape index (κ2) is 6.70. The molecule has 0 fully saturated rings. The van der Waals surface area contributed by atoms with E-state index in [1.54, 1.807) is 11.7 Å². The molecule has 4 nitrogen and oxygen atoms in total. The van der Waals surface area contributed by atoms with Crippen LogP contribution in [-0.2, 0) is 20.1 Å². The van der Waals surface area contributed by atoms with E-state index in [1.165, 1.54) is 0 Å². The Kier molecular flexibility index (Phi) is 4.71. The van der Waals surface area contributed by atoms with Gasteiger partial charge in [0.25, 0.3) is 0 Å². The van der Waals surface area contributed by atoms with E-state index in [1.807, 2.05) is 36.4 Å². The van der Waals surface area contributed by atoms with E-state index in [0.29, 0.717) is 24.5 Å². The van der Waals surface area contributed by atoms with Crippen LogP contribution in [0.15, 0.2) is 43.0 Å². The maximum atomic E-state index is 11.3. The Morgan fingerprint density at radius 2 is 2.10 bits per heavy atom. The quantitative estimate of drug-likeness (QED) is 0.574. The largest absolute Gasteiger partial charge is 0.472 e. The SMILES string of the molecule is C=CCCc1nn(C)c(OCc2ccccc2)c1C=O. The van der Waals surface area contributed by atoms with E-state index in [4.69, 9.17) is 4.74 Å². The van der Waals surface area contributed by atoms with Crippen LogP contribution in [0.1, 0.15) is 28.0 Å². The van der Waals surface area contributed by atoms with Gasteiger partial charge in [0, 0.05) is 7.05 Å². The Labute approximate surface area is 118 Å². The van der Waals surface area contributed by atoms with Crippen molar-refractivity contribution in [2.24, 2.45) is 7.05 Å². The van der Waals surface area contributed by atoms with Crippen molar-refractivity contribution in [3.63, 3.8) is 0 Å². The molecule has 0 aliphatic heterocycles. The molecule has 0 amide bonds. The smallest absolute Gasteiger partial charge is 0.222 e. The maximum absolute atomic E-state index is 11.3. The highest BCUT2D eigenvalue weighted by molar-refractivity contribution is 5.80. The third-order valence-electron chi connectivity index (χ3n) is 3.03. The normalized spacial score (nSPS) is 10.2. The predicted molar refractivity (Wildman–Crippen MR) is 77.9 cm³/mol. The van der Waals surface area contributed by atoms with Gasteiger partial charge in [0.05, 0.1) is 11.3 Å². The monoisotopic (exact) mass is 270 g/mol. The Morgan fingerprint density at radius 1 is 1.35 bits per heavy atom. The number of rotatable bonds is 7. The van der Waals surface area contributed by atoms with Crippen LogP contribution in [-0.4, -0.2) is 16.1 Å². The number of ether oxygens (including phenoxy) is 1. The van der Waals surface area contributed by atoms with E-state index < -0.39 is 0 Å². The molecule has 0 saturated heterocycles. The first-order valence-electron chi connectivity index (χ1n) is 6.55. The number of hydrogen-bond acceptors (Lipinski definition) is 3. The van der Waals surface area contributed by atoms with Crippen LogP contribution in [0.25, 0.3) is 0 Å². The highest BCUT2D eigenvalue weighted by atomic mass is 16.5.